The first-order chi connectivity index (χ1) is 20.1. The third kappa shape index (κ3) is 3.74. The maximum atomic E-state index is 12.9. The molecule has 13 atom stereocenters. The Hall–Kier alpha value is -1.54. The third-order valence-corrected chi connectivity index (χ3v) is 15.4. The summed E-state index contributed by atoms with van der Waals surface area (Å²) >= 11 is 0. The molecule has 0 aromatic carbocycles. The fourth-order valence-electron chi connectivity index (χ4n) is 13.2. The number of amides is 2. The van der Waals surface area contributed by atoms with Gasteiger partial charge in [-0.2, -0.15) is 0 Å². The maximum Gasteiger partial charge on any atom is 0.410 e. The van der Waals surface area contributed by atoms with Crippen molar-refractivity contribution in [1.82, 2.24) is 4.90 Å². The number of fused-ring (bicyclic) bond motifs is 4. The summed E-state index contributed by atoms with van der Waals surface area (Å²) in [6.45, 7) is 17.6. The molecule has 2 aliphatic heterocycles. The van der Waals surface area contributed by atoms with E-state index in [0.717, 1.165) is 58.0 Å². The highest BCUT2D eigenvalue weighted by atomic mass is 16.6. The van der Waals surface area contributed by atoms with Crippen molar-refractivity contribution in [3.05, 3.63) is 0 Å². The second-order valence-electron chi connectivity index (χ2n) is 17.4. The van der Waals surface area contributed by atoms with Crippen molar-refractivity contribution in [3.63, 3.8) is 0 Å². The Labute approximate surface area is 258 Å². The monoisotopic (exact) mass is 600 g/mol. The number of ether oxygens (including phenoxy) is 3. The van der Waals surface area contributed by atoms with E-state index in [2.05, 4.69) is 48.5 Å². The average molecular weight is 601 g/mol. The molecule has 7 rings (SSSR count). The number of likely N-dealkylation sites (tertiary alicyclic amines) is 1. The van der Waals surface area contributed by atoms with Gasteiger partial charge in [0.2, 0.25) is 0 Å². The number of nitrogens with zero attached hydrogens (tertiary/aromatic N) is 1. The zero-order valence-electron chi connectivity index (χ0n) is 27.6. The molecule has 43 heavy (non-hydrogen) atoms. The number of rotatable bonds is 4. The zero-order valence-corrected chi connectivity index (χ0v) is 27.6. The Bertz CT molecular complexity index is 1170. The first-order valence-electron chi connectivity index (χ1n) is 17.4. The van der Waals surface area contributed by atoms with Gasteiger partial charge in [0.1, 0.15) is 12.2 Å². The Morgan fingerprint density at radius 1 is 1.00 bits per heavy atom. The van der Waals surface area contributed by atoms with Crippen LogP contribution in [0.15, 0.2) is 0 Å². The lowest BCUT2D eigenvalue weighted by molar-refractivity contribution is -0.185. The van der Waals surface area contributed by atoms with Crippen molar-refractivity contribution in [2.45, 2.75) is 137 Å². The highest BCUT2D eigenvalue weighted by Gasteiger charge is 2.84. The molecule has 8 nitrogen and oxygen atoms in total. The molecule has 2 amide bonds. The maximum absolute atomic E-state index is 12.9. The molecule has 8 heteroatoms. The minimum absolute atomic E-state index is 0.0164. The van der Waals surface area contributed by atoms with Crippen molar-refractivity contribution >= 4 is 12.2 Å². The number of primary amides is 1. The fourth-order valence-corrected chi connectivity index (χ4v) is 13.2. The van der Waals surface area contributed by atoms with Crippen LogP contribution in [0.4, 0.5) is 9.59 Å². The molecule has 0 aromatic rings. The van der Waals surface area contributed by atoms with Crippen molar-refractivity contribution in [3.8, 4) is 0 Å². The lowest BCUT2D eigenvalue weighted by Crippen LogP contribution is -2.60. The second kappa shape index (κ2) is 9.49. The molecule has 7 fully saturated rings. The smallest absolute Gasteiger partial charge is 0.410 e. The minimum Gasteiger partial charge on any atom is -0.446 e. The summed E-state index contributed by atoms with van der Waals surface area (Å²) in [4.78, 5) is 26.4. The van der Waals surface area contributed by atoms with E-state index in [1.54, 1.807) is 4.90 Å². The SMILES string of the molecule is CC(C)C(OC(=O)N1CCC1)[C@@H]1C[C@@H](C)[C@H]2C(O1)[C@H](O)[C@@]1(C)C3CC[C@H]4C(C)(C)C(OC(N)=O)CCC45CC35CCC21C. The van der Waals surface area contributed by atoms with Gasteiger partial charge in [-0.05, 0) is 104 Å². The second-order valence-corrected chi connectivity index (χ2v) is 17.4. The zero-order chi connectivity index (χ0) is 30.9. The molecule has 0 radical (unpaired) electrons. The third-order valence-electron chi connectivity index (χ3n) is 15.4. The topological polar surface area (TPSA) is 111 Å². The summed E-state index contributed by atoms with van der Waals surface area (Å²) < 4.78 is 18.8. The summed E-state index contributed by atoms with van der Waals surface area (Å²) in [5.41, 5.74) is 5.62. The number of hydrogen-bond donors (Lipinski definition) is 2. The Morgan fingerprint density at radius 3 is 2.30 bits per heavy atom. The van der Waals surface area contributed by atoms with E-state index >= 15 is 0 Å². The molecular formula is C35H56N2O6. The van der Waals surface area contributed by atoms with Crippen LogP contribution in [0.3, 0.4) is 0 Å². The van der Waals surface area contributed by atoms with Gasteiger partial charge in [-0.25, -0.2) is 9.59 Å². The van der Waals surface area contributed by atoms with Crippen LogP contribution in [0, 0.1) is 56.7 Å². The molecule has 0 bridgehead atoms. The van der Waals surface area contributed by atoms with Crippen molar-refractivity contribution in [2.75, 3.05) is 13.1 Å². The standard InChI is InChI=1S/C35H56N2O6/c1-19(2)26(43-30(40)37-15-8-16-37)21-17-20(3)25-27(41-21)28(38)33(7)23-10-9-22-31(4,5)24(42-29(36)39)11-12-34(22)18-35(23,34)14-13-32(25,33)6/h19-28,38H,8-18H2,1-7H3,(H2,36,39)/t20-,21+,22+,23?,24?,25+,26?,27?,28+,32?,33-,34?,35?/m1/s1. The normalized spacial score (nSPS) is 51.5. The quantitative estimate of drug-likeness (QED) is 0.402. The highest BCUT2D eigenvalue weighted by molar-refractivity contribution is 5.68. The highest BCUT2D eigenvalue weighted by Crippen LogP contribution is 2.89. The van der Waals surface area contributed by atoms with Crippen LogP contribution in [-0.4, -0.2) is 65.8 Å². The predicted octanol–water partition coefficient (Wildman–Crippen LogP) is 6.13. The van der Waals surface area contributed by atoms with Crippen molar-refractivity contribution in [1.29, 1.82) is 0 Å². The van der Waals surface area contributed by atoms with Crippen LogP contribution in [0.2, 0.25) is 0 Å². The van der Waals surface area contributed by atoms with Gasteiger partial charge in [0.15, 0.2) is 0 Å². The summed E-state index contributed by atoms with van der Waals surface area (Å²) in [5, 5.41) is 12.5. The number of nitrogens with two attached hydrogens (primary N) is 1. The molecule has 2 spiro atoms. The molecule has 3 N–H and O–H groups in total. The molecule has 2 heterocycles. The summed E-state index contributed by atoms with van der Waals surface area (Å²) in [5.74, 6) is 1.72. The van der Waals surface area contributed by atoms with E-state index in [1.807, 2.05) is 0 Å². The van der Waals surface area contributed by atoms with Crippen molar-refractivity contribution < 1.29 is 28.9 Å². The largest absolute Gasteiger partial charge is 0.446 e. The van der Waals surface area contributed by atoms with Crippen LogP contribution in [0.25, 0.3) is 0 Å². The number of aliphatic hydroxyl groups excluding tert-OH is 1. The minimum atomic E-state index is -0.659. The summed E-state index contributed by atoms with van der Waals surface area (Å²) in [7, 11) is 0. The Balaban J connectivity index is 1.16. The number of carbonyl (C=O) groups is 2. The molecule has 242 valence electrons. The van der Waals surface area contributed by atoms with E-state index in [4.69, 9.17) is 19.9 Å². The van der Waals surface area contributed by atoms with Gasteiger partial charge >= 0.3 is 12.2 Å². The van der Waals surface area contributed by atoms with E-state index in [-0.39, 0.29) is 69.4 Å². The van der Waals surface area contributed by atoms with Gasteiger partial charge in [-0.3, -0.25) is 0 Å². The Morgan fingerprint density at radius 2 is 1.67 bits per heavy atom. The summed E-state index contributed by atoms with van der Waals surface area (Å²) in [6.07, 6.45) is 7.28. The molecule has 2 saturated heterocycles. The van der Waals surface area contributed by atoms with Crippen LogP contribution in [0.1, 0.15) is 106 Å². The van der Waals surface area contributed by atoms with E-state index in [1.165, 1.54) is 12.8 Å². The first kappa shape index (κ1) is 30.1. The lowest BCUT2D eigenvalue weighted by atomic mass is 9.41. The molecular weight excluding hydrogens is 544 g/mol. The molecule has 0 aromatic heterocycles. The number of aliphatic hydroxyl groups is 1. The number of hydrogen-bond acceptors (Lipinski definition) is 6. The first-order valence-corrected chi connectivity index (χ1v) is 17.4. The molecule has 7 unspecified atom stereocenters. The van der Waals surface area contributed by atoms with E-state index in [0.29, 0.717) is 17.8 Å². The van der Waals surface area contributed by atoms with E-state index in [9.17, 15) is 14.7 Å². The van der Waals surface area contributed by atoms with Crippen LogP contribution in [0.5, 0.6) is 0 Å². The van der Waals surface area contributed by atoms with Gasteiger partial charge in [0, 0.05) is 23.9 Å². The van der Waals surface area contributed by atoms with Crippen LogP contribution < -0.4 is 5.73 Å². The molecule has 7 aliphatic rings. The Kier molecular flexibility index (Phi) is 6.65. The van der Waals surface area contributed by atoms with Crippen LogP contribution >= 0.6 is 0 Å². The fraction of sp³-hybridized carbons (Fsp3) is 0.943. The summed E-state index contributed by atoms with van der Waals surface area (Å²) in [6, 6.07) is 0. The average Bonchev–Trinajstić information content (AvgIpc) is 3.52. The van der Waals surface area contributed by atoms with E-state index < -0.39 is 12.2 Å². The van der Waals surface area contributed by atoms with Gasteiger partial charge in [0.05, 0.1) is 18.3 Å². The molecule has 5 aliphatic carbocycles. The lowest BCUT2D eigenvalue weighted by Gasteiger charge is -2.63. The van der Waals surface area contributed by atoms with Crippen molar-refractivity contribution in [2.24, 2.45) is 62.4 Å². The molecule has 5 saturated carbocycles. The van der Waals surface area contributed by atoms with Gasteiger partial charge in [-0.1, -0.05) is 48.5 Å². The number of carbonyl (C=O) groups excluding carboxylic acids is 2. The van der Waals surface area contributed by atoms with Gasteiger partial charge in [0.25, 0.3) is 0 Å². The van der Waals surface area contributed by atoms with Crippen LogP contribution in [-0.2, 0) is 14.2 Å². The van der Waals surface area contributed by atoms with Gasteiger partial charge < -0.3 is 30.0 Å². The predicted molar refractivity (Wildman–Crippen MR) is 162 cm³/mol. The van der Waals surface area contributed by atoms with Gasteiger partial charge in [-0.15, -0.1) is 0 Å².